The molecule has 44 heavy (non-hydrogen) atoms. The zero-order chi connectivity index (χ0) is 32.3. The molecule has 0 saturated heterocycles. The molecule has 0 amide bonds. The summed E-state index contributed by atoms with van der Waals surface area (Å²) in [5.74, 6) is -3.87. The molecular formula is C36H42BrF3O4. The van der Waals surface area contributed by atoms with E-state index >= 15 is 4.39 Å². The topological polar surface area (TPSA) is 48.7 Å². The van der Waals surface area contributed by atoms with E-state index in [4.69, 9.17) is 13.9 Å². The molecule has 3 aromatic rings. The molecule has 0 fully saturated rings. The molecule has 8 heteroatoms. The van der Waals surface area contributed by atoms with Crippen molar-refractivity contribution >= 4 is 27.5 Å². The number of furan rings is 1. The van der Waals surface area contributed by atoms with E-state index in [1.807, 2.05) is 31.2 Å². The molecule has 0 aliphatic heterocycles. The van der Waals surface area contributed by atoms with Crippen molar-refractivity contribution in [3.63, 3.8) is 0 Å². The zero-order valence-corrected chi connectivity index (χ0v) is 27.0. The van der Waals surface area contributed by atoms with Crippen molar-refractivity contribution in [1.29, 1.82) is 0 Å². The summed E-state index contributed by atoms with van der Waals surface area (Å²) in [6.07, 6.45) is 8.10. The van der Waals surface area contributed by atoms with Crippen LogP contribution in [-0.2, 0) is 15.5 Å². The number of benzene rings is 2. The first-order chi connectivity index (χ1) is 20.2. The second kappa shape index (κ2) is 17.5. The summed E-state index contributed by atoms with van der Waals surface area (Å²) < 4.78 is 59.4. The van der Waals surface area contributed by atoms with E-state index in [2.05, 4.69) is 36.0 Å². The Kier molecular flexibility index (Phi) is 15.2. The fourth-order valence-corrected chi connectivity index (χ4v) is 4.42. The highest BCUT2D eigenvalue weighted by molar-refractivity contribution is 9.10. The molecule has 3 rings (SSSR count). The van der Waals surface area contributed by atoms with Crippen LogP contribution in [0, 0.1) is 12.7 Å². The summed E-state index contributed by atoms with van der Waals surface area (Å²) in [7, 11) is 0. The smallest absolute Gasteiger partial charge is 0.302 e. The maximum atomic E-state index is 15.1. The van der Waals surface area contributed by atoms with E-state index < -0.39 is 23.8 Å². The lowest BCUT2D eigenvalue weighted by Crippen LogP contribution is -2.17. The third-order valence-electron chi connectivity index (χ3n) is 6.26. The standard InChI is InChI=1S/C26H24BrF3O4.C9H14.CH4/c1-14(2)23-15(3)6-11-20(24(23)28)33-22(13-32-16(4)31)21-12-19(25(27)34-21)17-7-9-18(10-8-17)26(5,29)30;1-4-6-7-8-9(3)5-2;/h6-12,22H,1,13H2,2-5H3;4,6-8H,3,5H2,1-2H3;1H4/b;6-4-,8-7-;. The Bertz CT molecular complexity index is 1480. The van der Waals surface area contributed by atoms with Gasteiger partial charge in [0, 0.05) is 30.5 Å². The van der Waals surface area contributed by atoms with Crippen LogP contribution >= 0.6 is 15.9 Å². The summed E-state index contributed by atoms with van der Waals surface area (Å²) in [5.41, 5.74) is 3.84. The van der Waals surface area contributed by atoms with E-state index in [-0.39, 0.29) is 31.1 Å². The number of rotatable bonds is 11. The maximum absolute atomic E-state index is 15.1. The molecule has 0 bridgehead atoms. The van der Waals surface area contributed by atoms with Crippen LogP contribution in [0.3, 0.4) is 0 Å². The van der Waals surface area contributed by atoms with Crippen molar-refractivity contribution in [2.75, 3.05) is 6.61 Å². The van der Waals surface area contributed by atoms with E-state index in [0.29, 0.717) is 32.5 Å². The van der Waals surface area contributed by atoms with Crippen LogP contribution in [-0.4, -0.2) is 12.6 Å². The van der Waals surface area contributed by atoms with Gasteiger partial charge < -0.3 is 13.9 Å². The minimum atomic E-state index is -2.96. The second-order valence-corrected chi connectivity index (χ2v) is 10.7. The van der Waals surface area contributed by atoms with Crippen molar-refractivity contribution in [3.8, 4) is 16.9 Å². The van der Waals surface area contributed by atoms with Crippen LogP contribution < -0.4 is 4.74 Å². The number of alkyl halides is 2. The third-order valence-corrected chi connectivity index (χ3v) is 6.85. The molecule has 0 aliphatic rings. The molecule has 0 aliphatic carbocycles. The number of ether oxygens (including phenoxy) is 2. The van der Waals surface area contributed by atoms with Gasteiger partial charge in [-0.3, -0.25) is 4.79 Å². The van der Waals surface area contributed by atoms with Gasteiger partial charge in [0.25, 0.3) is 5.92 Å². The normalized spacial score (nSPS) is 11.9. The summed E-state index contributed by atoms with van der Waals surface area (Å²) in [4.78, 5) is 11.4. The van der Waals surface area contributed by atoms with Crippen LogP contribution in [0.5, 0.6) is 5.75 Å². The minimum absolute atomic E-state index is 0. The Hall–Kier alpha value is -3.78. The summed E-state index contributed by atoms with van der Waals surface area (Å²) in [6, 6.07) is 10.6. The highest BCUT2D eigenvalue weighted by Crippen LogP contribution is 2.38. The van der Waals surface area contributed by atoms with Gasteiger partial charge in [0.1, 0.15) is 12.4 Å². The number of carbonyl (C=O) groups excluding carboxylic acids is 1. The molecule has 238 valence electrons. The lowest BCUT2D eigenvalue weighted by molar-refractivity contribution is -0.143. The Morgan fingerprint density at radius 3 is 2.27 bits per heavy atom. The van der Waals surface area contributed by atoms with Crippen molar-refractivity contribution in [2.45, 2.75) is 67.4 Å². The van der Waals surface area contributed by atoms with Gasteiger partial charge in [-0.2, -0.15) is 0 Å². The predicted octanol–water partition coefficient (Wildman–Crippen LogP) is 11.7. The molecular weight excluding hydrogens is 633 g/mol. The van der Waals surface area contributed by atoms with E-state index in [1.54, 1.807) is 38.1 Å². The largest absolute Gasteiger partial charge is 0.476 e. The number of hydrogen-bond donors (Lipinski definition) is 0. The number of hydrogen-bond acceptors (Lipinski definition) is 4. The molecule has 1 atom stereocenters. The van der Waals surface area contributed by atoms with Crippen molar-refractivity contribution in [1.82, 2.24) is 0 Å². The molecule has 0 spiro atoms. The van der Waals surface area contributed by atoms with Crippen LogP contribution in [0.15, 0.2) is 94.6 Å². The first-order valence-corrected chi connectivity index (χ1v) is 14.5. The molecule has 1 aromatic heterocycles. The van der Waals surface area contributed by atoms with E-state index in [9.17, 15) is 13.6 Å². The van der Waals surface area contributed by atoms with E-state index in [0.717, 1.165) is 13.3 Å². The Balaban J connectivity index is 0.000000842. The molecule has 1 heterocycles. The highest BCUT2D eigenvalue weighted by Gasteiger charge is 2.26. The molecule has 0 radical (unpaired) electrons. The lowest BCUT2D eigenvalue weighted by Gasteiger charge is -2.19. The van der Waals surface area contributed by atoms with Gasteiger partial charge in [-0.25, -0.2) is 13.2 Å². The predicted molar refractivity (Wildman–Crippen MR) is 177 cm³/mol. The highest BCUT2D eigenvalue weighted by atomic mass is 79.9. The molecule has 0 N–H and O–H groups in total. The van der Waals surface area contributed by atoms with Gasteiger partial charge in [-0.05, 0) is 72.0 Å². The van der Waals surface area contributed by atoms with Gasteiger partial charge in [-0.15, -0.1) is 0 Å². The van der Waals surface area contributed by atoms with Gasteiger partial charge in [-0.1, -0.05) is 87.7 Å². The molecule has 4 nitrogen and oxygen atoms in total. The molecule has 0 saturated carbocycles. The first kappa shape index (κ1) is 38.2. The lowest BCUT2D eigenvalue weighted by atomic mass is 10.0. The second-order valence-electron chi connectivity index (χ2n) is 9.96. The number of aryl methyl sites for hydroxylation is 1. The van der Waals surface area contributed by atoms with E-state index in [1.165, 1.54) is 30.7 Å². The monoisotopic (exact) mass is 674 g/mol. The number of esters is 1. The number of allylic oxidation sites excluding steroid dienone is 6. The quantitative estimate of drug-likeness (QED) is 0.150. The van der Waals surface area contributed by atoms with Crippen molar-refractivity contribution < 1.29 is 31.9 Å². The Morgan fingerprint density at radius 1 is 1.11 bits per heavy atom. The maximum Gasteiger partial charge on any atom is 0.302 e. The first-order valence-electron chi connectivity index (χ1n) is 13.7. The average Bonchev–Trinajstić information content (AvgIpc) is 3.33. The fourth-order valence-electron chi connectivity index (χ4n) is 3.89. The third kappa shape index (κ3) is 11.1. The van der Waals surface area contributed by atoms with Crippen LogP contribution in [0.1, 0.15) is 77.0 Å². The van der Waals surface area contributed by atoms with Gasteiger partial charge in [0.2, 0.25) is 0 Å². The van der Waals surface area contributed by atoms with Gasteiger partial charge in [0.05, 0.1) is 0 Å². The number of halogens is 4. The molecule has 1 unspecified atom stereocenters. The summed E-state index contributed by atoms with van der Waals surface area (Å²) >= 11 is 3.34. The Labute approximate surface area is 268 Å². The van der Waals surface area contributed by atoms with Crippen LogP contribution in [0.4, 0.5) is 13.2 Å². The SMILES string of the molecule is C.C=C(/C=C\C=C/C)CC.C=C(C)c1c(C)ccc(OC(COC(C)=O)c2cc(-c3ccc(C(C)(F)F)cc3)c(Br)o2)c1F. The van der Waals surface area contributed by atoms with Crippen LogP contribution in [0.25, 0.3) is 16.7 Å². The zero-order valence-electron chi connectivity index (χ0n) is 25.4. The van der Waals surface area contributed by atoms with Gasteiger partial charge in [0.15, 0.2) is 22.3 Å². The Morgan fingerprint density at radius 2 is 1.75 bits per heavy atom. The number of carbonyl (C=O) groups is 1. The van der Waals surface area contributed by atoms with Gasteiger partial charge >= 0.3 is 5.97 Å². The summed E-state index contributed by atoms with van der Waals surface area (Å²) in [5, 5.41) is 0. The minimum Gasteiger partial charge on any atom is -0.476 e. The van der Waals surface area contributed by atoms with Crippen molar-refractivity contribution in [3.05, 3.63) is 118 Å². The van der Waals surface area contributed by atoms with Crippen LogP contribution in [0.2, 0.25) is 0 Å². The molecule has 2 aromatic carbocycles. The average molecular weight is 676 g/mol. The van der Waals surface area contributed by atoms with Crippen molar-refractivity contribution in [2.24, 2.45) is 0 Å². The fraction of sp³-hybridized carbons (Fsp3) is 0.306. The summed E-state index contributed by atoms with van der Waals surface area (Å²) in [6.45, 7) is 17.0.